The minimum atomic E-state index is -0.920. The third-order valence-corrected chi connectivity index (χ3v) is 6.65. The Hall–Kier alpha value is -2.76. The highest BCUT2D eigenvalue weighted by atomic mass is 16.1. The zero-order valence-corrected chi connectivity index (χ0v) is 18.0. The summed E-state index contributed by atoms with van der Waals surface area (Å²) in [5, 5.41) is 9.27. The lowest BCUT2D eigenvalue weighted by atomic mass is 9.80. The average Bonchev–Trinajstić information content (AvgIpc) is 2.82. The lowest BCUT2D eigenvalue weighted by Gasteiger charge is -2.34. The average molecular weight is 417 g/mol. The Balaban J connectivity index is 1.65. The Labute approximate surface area is 184 Å². The van der Waals surface area contributed by atoms with Gasteiger partial charge in [-0.05, 0) is 91.7 Å². The highest BCUT2D eigenvalue weighted by molar-refractivity contribution is 5.95. The molecule has 0 spiro atoms. The molecule has 0 bridgehead atoms. The van der Waals surface area contributed by atoms with Crippen molar-refractivity contribution < 1.29 is 4.79 Å². The molecule has 162 valence electrons. The molecule has 1 aliphatic heterocycles. The number of nitrogens with one attached hydrogen (secondary N) is 2. The van der Waals surface area contributed by atoms with E-state index >= 15 is 0 Å². The zero-order chi connectivity index (χ0) is 21.5. The standard InChI is InChI=1S/C26H32N4O/c27-25(31)26(14-8-20-9-15-28-16-10-20,30-19-13-21-11-17-29-18-12-21)24-7-3-5-22-4-1-2-6-23(22)24/h1-7,9-10,15-16,21,29-30H,8,11-14,17-19H2,(H2,27,31). The van der Waals surface area contributed by atoms with Crippen LogP contribution in [0.4, 0.5) is 0 Å². The third kappa shape index (κ3) is 4.94. The molecule has 1 atom stereocenters. The summed E-state index contributed by atoms with van der Waals surface area (Å²) in [6.07, 6.45) is 8.37. The smallest absolute Gasteiger partial charge is 0.242 e. The summed E-state index contributed by atoms with van der Waals surface area (Å²) in [4.78, 5) is 17.2. The normalized spacial score (nSPS) is 16.8. The Morgan fingerprint density at radius 3 is 2.58 bits per heavy atom. The first-order valence-electron chi connectivity index (χ1n) is 11.3. The van der Waals surface area contributed by atoms with Crippen LogP contribution in [0.1, 0.15) is 36.8 Å². The lowest BCUT2D eigenvalue weighted by molar-refractivity contribution is -0.125. The van der Waals surface area contributed by atoms with Gasteiger partial charge in [-0.15, -0.1) is 0 Å². The molecule has 4 N–H and O–H groups in total. The summed E-state index contributed by atoms with van der Waals surface area (Å²) in [6, 6.07) is 18.4. The molecule has 1 amide bonds. The number of nitrogens with two attached hydrogens (primary N) is 1. The molecule has 0 radical (unpaired) electrons. The van der Waals surface area contributed by atoms with E-state index in [9.17, 15) is 4.79 Å². The van der Waals surface area contributed by atoms with Crippen molar-refractivity contribution in [2.24, 2.45) is 11.7 Å². The molecule has 0 aliphatic carbocycles. The van der Waals surface area contributed by atoms with Crippen LogP contribution in [0.15, 0.2) is 67.0 Å². The number of hydrogen-bond donors (Lipinski definition) is 3. The molecule has 31 heavy (non-hydrogen) atoms. The number of benzene rings is 2. The van der Waals surface area contributed by atoms with Gasteiger partial charge in [0.05, 0.1) is 0 Å². The summed E-state index contributed by atoms with van der Waals surface area (Å²) < 4.78 is 0. The molecule has 2 aromatic carbocycles. The second-order valence-corrected chi connectivity index (χ2v) is 8.56. The van der Waals surface area contributed by atoms with E-state index in [0.29, 0.717) is 12.3 Å². The maximum Gasteiger partial charge on any atom is 0.242 e. The van der Waals surface area contributed by atoms with Gasteiger partial charge in [0.2, 0.25) is 5.91 Å². The van der Waals surface area contributed by atoms with Gasteiger partial charge in [-0.25, -0.2) is 0 Å². The van der Waals surface area contributed by atoms with Gasteiger partial charge in [-0.1, -0.05) is 42.5 Å². The fraction of sp³-hybridized carbons (Fsp3) is 0.385. The van der Waals surface area contributed by atoms with Crippen molar-refractivity contribution in [1.82, 2.24) is 15.6 Å². The number of hydrogen-bond acceptors (Lipinski definition) is 4. The van der Waals surface area contributed by atoms with E-state index in [2.05, 4.69) is 39.9 Å². The Morgan fingerprint density at radius 2 is 1.81 bits per heavy atom. The molecule has 1 aromatic heterocycles. The largest absolute Gasteiger partial charge is 0.368 e. The number of rotatable bonds is 9. The van der Waals surface area contributed by atoms with Crippen molar-refractivity contribution in [3.05, 3.63) is 78.1 Å². The molecule has 0 saturated carbocycles. The van der Waals surface area contributed by atoms with E-state index in [-0.39, 0.29) is 5.91 Å². The van der Waals surface area contributed by atoms with Crippen molar-refractivity contribution >= 4 is 16.7 Å². The molecule has 1 aliphatic rings. The summed E-state index contributed by atoms with van der Waals surface area (Å²) >= 11 is 0. The molecule has 1 unspecified atom stereocenters. The van der Waals surface area contributed by atoms with Crippen LogP contribution in [-0.2, 0) is 16.8 Å². The topological polar surface area (TPSA) is 80.0 Å². The molecule has 2 heterocycles. The van der Waals surface area contributed by atoms with Gasteiger partial charge in [-0.3, -0.25) is 15.1 Å². The monoisotopic (exact) mass is 416 g/mol. The molecule has 3 aromatic rings. The fourth-order valence-corrected chi connectivity index (χ4v) is 4.80. The van der Waals surface area contributed by atoms with E-state index in [0.717, 1.165) is 54.4 Å². The van der Waals surface area contributed by atoms with Crippen LogP contribution < -0.4 is 16.4 Å². The quantitative estimate of drug-likeness (QED) is 0.499. The van der Waals surface area contributed by atoms with Crippen LogP contribution in [0.2, 0.25) is 0 Å². The number of aryl methyl sites for hydroxylation is 1. The number of carbonyl (C=O) groups excluding carboxylic acids is 1. The minimum absolute atomic E-state index is 0.316. The fourth-order valence-electron chi connectivity index (χ4n) is 4.80. The first-order chi connectivity index (χ1) is 15.2. The predicted octanol–water partition coefficient (Wildman–Crippen LogP) is 3.53. The van der Waals surface area contributed by atoms with Crippen LogP contribution in [0.5, 0.6) is 0 Å². The van der Waals surface area contributed by atoms with E-state index < -0.39 is 5.54 Å². The Kier molecular flexibility index (Phi) is 6.95. The predicted molar refractivity (Wildman–Crippen MR) is 126 cm³/mol. The molecule has 5 heteroatoms. The van der Waals surface area contributed by atoms with Crippen molar-refractivity contribution in [3.63, 3.8) is 0 Å². The molecule has 5 nitrogen and oxygen atoms in total. The second kappa shape index (κ2) is 10.0. The number of carbonyl (C=O) groups is 1. The maximum absolute atomic E-state index is 13.1. The maximum atomic E-state index is 13.1. The number of amides is 1. The van der Waals surface area contributed by atoms with Gasteiger partial charge >= 0.3 is 0 Å². The highest BCUT2D eigenvalue weighted by Gasteiger charge is 2.39. The third-order valence-electron chi connectivity index (χ3n) is 6.65. The van der Waals surface area contributed by atoms with Crippen LogP contribution in [0, 0.1) is 5.92 Å². The Morgan fingerprint density at radius 1 is 1.06 bits per heavy atom. The minimum Gasteiger partial charge on any atom is -0.368 e. The van der Waals surface area contributed by atoms with Gasteiger partial charge in [0.1, 0.15) is 5.54 Å². The summed E-state index contributed by atoms with van der Waals surface area (Å²) in [5.74, 6) is 0.371. The van der Waals surface area contributed by atoms with E-state index in [1.165, 1.54) is 12.8 Å². The Bertz CT molecular complexity index is 995. The van der Waals surface area contributed by atoms with Crippen LogP contribution in [0.25, 0.3) is 10.8 Å². The SMILES string of the molecule is NC(=O)C(CCc1ccncc1)(NCCC1CCNCC1)c1cccc2ccccc12. The molecule has 1 fully saturated rings. The van der Waals surface area contributed by atoms with Gasteiger partial charge in [0.15, 0.2) is 0 Å². The number of piperidine rings is 1. The molecule has 1 saturated heterocycles. The van der Waals surface area contributed by atoms with Gasteiger partial charge in [0.25, 0.3) is 0 Å². The zero-order valence-electron chi connectivity index (χ0n) is 18.0. The van der Waals surface area contributed by atoms with E-state index in [1.54, 1.807) is 12.4 Å². The van der Waals surface area contributed by atoms with E-state index in [4.69, 9.17) is 5.73 Å². The van der Waals surface area contributed by atoms with Gasteiger partial charge < -0.3 is 11.1 Å². The number of fused-ring (bicyclic) bond motifs is 1. The van der Waals surface area contributed by atoms with Crippen LogP contribution in [0.3, 0.4) is 0 Å². The van der Waals surface area contributed by atoms with Gasteiger partial charge in [-0.2, -0.15) is 0 Å². The number of primary amides is 1. The number of aromatic nitrogens is 1. The van der Waals surface area contributed by atoms with Crippen molar-refractivity contribution in [1.29, 1.82) is 0 Å². The van der Waals surface area contributed by atoms with Crippen molar-refractivity contribution in [2.75, 3.05) is 19.6 Å². The molecular weight excluding hydrogens is 384 g/mol. The summed E-state index contributed by atoms with van der Waals surface area (Å²) in [7, 11) is 0. The molecular formula is C26H32N4O. The molecule has 4 rings (SSSR count). The van der Waals surface area contributed by atoms with E-state index in [1.807, 2.05) is 30.3 Å². The van der Waals surface area contributed by atoms with Crippen LogP contribution in [-0.4, -0.2) is 30.5 Å². The van der Waals surface area contributed by atoms with Gasteiger partial charge in [0, 0.05) is 12.4 Å². The first kappa shape index (κ1) is 21.5. The highest BCUT2D eigenvalue weighted by Crippen LogP contribution is 2.33. The summed E-state index contributed by atoms with van der Waals surface area (Å²) in [5.41, 5.74) is 7.36. The number of nitrogens with zero attached hydrogens (tertiary/aromatic N) is 1. The first-order valence-corrected chi connectivity index (χ1v) is 11.3. The summed E-state index contributed by atoms with van der Waals surface area (Å²) in [6.45, 7) is 2.93. The van der Waals surface area contributed by atoms with Crippen molar-refractivity contribution in [2.45, 2.75) is 37.6 Å². The van der Waals surface area contributed by atoms with Crippen LogP contribution >= 0.6 is 0 Å². The lowest BCUT2D eigenvalue weighted by Crippen LogP contribution is -2.53. The second-order valence-electron chi connectivity index (χ2n) is 8.56. The van der Waals surface area contributed by atoms with Crippen molar-refractivity contribution in [3.8, 4) is 0 Å². The number of pyridine rings is 1.